The van der Waals surface area contributed by atoms with Gasteiger partial charge in [-0.05, 0) is 36.2 Å². The quantitative estimate of drug-likeness (QED) is 0.760. The minimum absolute atomic E-state index is 0.284. The summed E-state index contributed by atoms with van der Waals surface area (Å²) in [6, 6.07) is 8.69. The van der Waals surface area contributed by atoms with E-state index in [0.29, 0.717) is 16.5 Å². The van der Waals surface area contributed by atoms with Gasteiger partial charge in [-0.1, -0.05) is 22.0 Å². The van der Waals surface area contributed by atoms with Gasteiger partial charge >= 0.3 is 0 Å². The molecule has 2 aromatic rings. The minimum Gasteiger partial charge on any atom is -0.265 e. The van der Waals surface area contributed by atoms with Crippen molar-refractivity contribution in [3.05, 3.63) is 64.1 Å². The Morgan fingerprint density at radius 2 is 1.94 bits per heavy atom. The molecule has 1 unspecified atom stereocenters. The highest BCUT2D eigenvalue weighted by Gasteiger charge is 2.13. The van der Waals surface area contributed by atoms with Crippen molar-refractivity contribution in [2.75, 3.05) is 0 Å². The number of rotatable bonds is 3. The van der Waals surface area contributed by atoms with E-state index in [4.69, 9.17) is 11.6 Å². The molecule has 1 aromatic carbocycles. The maximum absolute atomic E-state index is 13.7. The fourth-order valence-corrected chi connectivity index (χ4v) is 2.28. The lowest BCUT2D eigenvalue weighted by atomic mass is 10.0. The van der Waals surface area contributed by atoms with Gasteiger partial charge in [-0.2, -0.15) is 0 Å². The predicted octanol–water partition coefficient (Wildman–Crippen LogP) is 4.51. The highest BCUT2D eigenvalue weighted by atomic mass is 79.9. The maximum Gasteiger partial charge on any atom is 0.129 e. The van der Waals surface area contributed by atoms with Gasteiger partial charge in [0.2, 0.25) is 0 Å². The third-order valence-corrected chi connectivity index (χ3v) is 3.35. The van der Waals surface area contributed by atoms with Crippen LogP contribution in [0.2, 0.25) is 0 Å². The lowest BCUT2D eigenvalue weighted by Crippen LogP contribution is -1.99. The summed E-state index contributed by atoms with van der Waals surface area (Å²) in [4.78, 5) is 3.93. The van der Waals surface area contributed by atoms with Gasteiger partial charge in [-0.3, -0.25) is 4.98 Å². The molecule has 0 aliphatic heterocycles. The van der Waals surface area contributed by atoms with E-state index in [1.165, 1.54) is 6.07 Å². The monoisotopic (exact) mass is 313 g/mol. The van der Waals surface area contributed by atoms with Crippen molar-refractivity contribution >= 4 is 27.5 Å². The van der Waals surface area contributed by atoms with E-state index in [1.807, 2.05) is 12.1 Å². The molecule has 1 atom stereocenters. The third-order valence-electron chi connectivity index (χ3n) is 2.46. The number of alkyl halides is 1. The average Bonchev–Trinajstić information content (AvgIpc) is 2.30. The molecular formula is C13H10BrClFN. The highest BCUT2D eigenvalue weighted by molar-refractivity contribution is 9.10. The number of halogens is 3. The van der Waals surface area contributed by atoms with Crippen molar-refractivity contribution in [2.24, 2.45) is 0 Å². The van der Waals surface area contributed by atoms with Crippen LogP contribution in [0.3, 0.4) is 0 Å². The smallest absolute Gasteiger partial charge is 0.129 e. The molecule has 0 saturated carbocycles. The minimum atomic E-state index is -0.370. The number of aromatic nitrogens is 1. The van der Waals surface area contributed by atoms with Crippen molar-refractivity contribution in [1.82, 2.24) is 4.98 Å². The van der Waals surface area contributed by atoms with Crippen LogP contribution in [-0.4, -0.2) is 4.98 Å². The summed E-state index contributed by atoms with van der Waals surface area (Å²) in [7, 11) is 0. The van der Waals surface area contributed by atoms with Gasteiger partial charge in [0.15, 0.2) is 0 Å². The number of nitrogens with zero attached hydrogens (tertiary/aromatic N) is 1. The molecule has 0 amide bonds. The van der Waals surface area contributed by atoms with E-state index in [-0.39, 0.29) is 11.2 Å². The first-order valence-corrected chi connectivity index (χ1v) is 6.37. The van der Waals surface area contributed by atoms with Gasteiger partial charge in [-0.15, -0.1) is 11.6 Å². The largest absolute Gasteiger partial charge is 0.265 e. The van der Waals surface area contributed by atoms with Gasteiger partial charge in [0.05, 0.1) is 5.38 Å². The summed E-state index contributed by atoms with van der Waals surface area (Å²) < 4.78 is 14.4. The summed E-state index contributed by atoms with van der Waals surface area (Å²) in [5, 5.41) is -0.370. The summed E-state index contributed by atoms with van der Waals surface area (Å²) in [6.45, 7) is 0. The predicted molar refractivity (Wildman–Crippen MR) is 70.6 cm³/mol. The Labute approximate surface area is 113 Å². The second-order valence-corrected chi connectivity index (χ2v) is 5.14. The number of benzene rings is 1. The molecule has 0 aliphatic carbocycles. The molecule has 0 aliphatic rings. The van der Waals surface area contributed by atoms with E-state index in [2.05, 4.69) is 20.9 Å². The van der Waals surface area contributed by atoms with Crippen LogP contribution < -0.4 is 0 Å². The lowest BCUT2D eigenvalue weighted by molar-refractivity contribution is 0.605. The number of hydrogen-bond acceptors (Lipinski definition) is 1. The molecule has 0 spiro atoms. The van der Waals surface area contributed by atoms with Gasteiger partial charge in [0.1, 0.15) is 5.82 Å². The molecule has 0 bridgehead atoms. The Morgan fingerprint density at radius 1 is 1.24 bits per heavy atom. The van der Waals surface area contributed by atoms with Gasteiger partial charge < -0.3 is 0 Å². The number of pyridine rings is 1. The molecule has 1 aromatic heterocycles. The van der Waals surface area contributed by atoms with E-state index in [9.17, 15) is 4.39 Å². The Morgan fingerprint density at radius 3 is 2.59 bits per heavy atom. The zero-order valence-electron chi connectivity index (χ0n) is 8.91. The van der Waals surface area contributed by atoms with E-state index in [0.717, 1.165) is 5.56 Å². The number of hydrogen-bond donors (Lipinski definition) is 0. The van der Waals surface area contributed by atoms with Crippen molar-refractivity contribution in [1.29, 1.82) is 0 Å². The molecule has 17 heavy (non-hydrogen) atoms. The molecule has 1 nitrogen and oxygen atoms in total. The van der Waals surface area contributed by atoms with Crippen LogP contribution in [0.15, 0.2) is 47.2 Å². The summed E-state index contributed by atoms with van der Waals surface area (Å²) >= 11 is 9.44. The lowest BCUT2D eigenvalue weighted by Gasteiger charge is -2.11. The second-order valence-electron chi connectivity index (χ2n) is 3.69. The van der Waals surface area contributed by atoms with Gasteiger partial charge in [0, 0.05) is 22.4 Å². The molecular weight excluding hydrogens is 305 g/mol. The first-order valence-electron chi connectivity index (χ1n) is 5.15. The van der Waals surface area contributed by atoms with Crippen LogP contribution in [0.1, 0.15) is 16.5 Å². The van der Waals surface area contributed by atoms with E-state index < -0.39 is 0 Å². The molecule has 0 saturated heterocycles. The first-order chi connectivity index (χ1) is 8.16. The molecule has 0 N–H and O–H groups in total. The normalized spacial score (nSPS) is 12.4. The SMILES string of the molecule is Fc1cc(Br)ccc1C(Cl)Cc1ccncc1. The van der Waals surface area contributed by atoms with E-state index in [1.54, 1.807) is 24.5 Å². The van der Waals surface area contributed by atoms with Crippen molar-refractivity contribution in [2.45, 2.75) is 11.8 Å². The van der Waals surface area contributed by atoms with Crippen LogP contribution >= 0.6 is 27.5 Å². The maximum atomic E-state index is 13.7. The van der Waals surface area contributed by atoms with Gasteiger partial charge in [-0.25, -0.2) is 4.39 Å². The fraction of sp³-hybridized carbons (Fsp3) is 0.154. The van der Waals surface area contributed by atoms with Crippen molar-refractivity contribution in [3.8, 4) is 0 Å². The molecule has 0 fully saturated rings. The zero-order valence-corrected chi connectivity index (χ0v) is 11.2. The molecule has 2 rings (SSSR count). The Hall–Kier alpha value is -0.930. The van der Waals surface area contributed by atoms with Gasteiger partial charge in [0.25, 0.3) is 0 Å². The Balaban J connectivity index is 2.17. The van der Waals surface area contributed by atoms with Crippen LogP contribution in [0.25, 0.3) is 0 Å². The van der Waals surface area contributed by atoms with Crippen LogP contribution in [0, 0.1) is 5.82 Å². The van der Waals surface area contributed by atoms with Crippen LogP contribution in [0.4, 0.5) is 4.39 Å². The standard InChI is InChI=1S/C13H10BrClFN/c14-10-1-2-11(13(16)8-10)12(15)7-9-3-5-17-6-4-9/h1-6,8,12H,7H2. The van der Waals surface area contributed by atoms with Crippen LogP contribution in [0.5, 0.6) is 0 Å². The summed E-state index contributed by atoms with van der Waals surface area (Å²) in [6.07, 6.45) is 4.00. The average molecular weight is 315 g/mol. The Kier molecular flexibility index (Phi) is 4.13. The van der Waals surface area contributed by atoms with Crippen molar-refractivity contribution < 1.29 is 4.39 Å². The van der Waals surface area contributed by atoms with E-state index >= 15 is 0 Å². The zero-order chi connectivity index (χ0) is 12.3. The first kappa shape index (κ1) is 12.5. The molecule has 88 valence electrons. The Bertz CT molecular complexity index is 504. The van der Waals surface area contributed by atoms with Crippen molar-refractivity contribution in [3.63, 3.8) is 0 Å². The molecule has 1 heterocycles. The summed E-state index contributed by atoms with van der Waals surface area (Å²) in [5.41, 5.74) is 1.56. The molecule has 4 heteroatoms. The topological polar surface area (TPSA) is 12.9 Å². The fourth-order valence-electron chi connectivity index (χ4n) is 1.59. The highest BCUT2D eigenvalue weighted by Crippen LogP contribution is 2.28. The third kappa shape index (κ3) is 3.27. The summed E-state index contributed by atoms with van der Waals surface area (Å²) in [5.74, 6) is -0.284. The molecule has 0 radical (unpaired) electrons. The van der Waals surface area contributed by atoms with Crippen LogP contribution in [-0.2, 0) is 6.42 Å². The second kappa shape index (κ2) is 5.61.